The third-order valence-corrected chi connectivity index (χ3v) is 4.02. The summed E-state index contributed by atoms with van der Waals surface area (Å²) < 4.78 is 1.73. The Morgan fingerprint density at radius 1 is 1.33 bits per heavy atom. The van der Waals surface area contributed by atoms with Crippen molar-refractivity contribution >= 4 is 17.7 Å². The van der Waals surface area contributed by atoms with E-state index in [1.807, 2.05) is 0 Å². The molecular weight excluding hydrogens is 288 g/mol. The van der Waals surface area contributed by atoms with Crippen LogP contribution in [-0.4, -0.2) is 50.5 Å². The Bertz CT molecular complexity index is 419. The minimum Gasteiger partial charge on any atom is -0.353 e. The number of thioether (sulfide) groups is 1. The summed E-state index contributed by atoms with van der Waals surface area (Å²) in [5, 5.41) is 18.6. The predicted octanol–water partition coefficient (Wildman–Crippen LogP) is 1.07. The van der Waals surface area contributed by atoms with Gasteiger partial charge in [-0.2, -0.15) is 0 Å². The Hall–Kier alpha value is -1.15. The lowest BCUT2D eigenvalue weighted by Gasteiger charge is -2.14. The summed E-state index contributed by atoms with van der Waals surface area (Å²) in [6, 6.07) is 0.688. The van der Waals surface area contributed by atoms with E-state index < -0.39 is 0 Å². The van der Waals surface area contributed by atoms with E-state index in [4.69, 9.17) is 0 Å². The highest BCUT2D eigenvalue weighted by Crippen LogP contribution is 2.13. The van der Waals surface area contributed by atoms with Gasteiger partial charge >= 0.3 is 0 Å². The maximum Gasteiger partial charge on any atom is 0.230 e. The summed E-state index contributed by atoms with van der Waals surface area (Å²) in [6.45, 7) is 9.83. The fourth-order valence-corrected chi connectivity index (χ4v) is 2.51. The van der Waals surface area contributed by atoms with E-state index in [0.29, 0.717) is 23.5 Å². The lowest BCUT2D eigenvalue weighted by Crippen LogP contribution is -2.35. The number of hydrogen-bond acceptors (Lipinski definition) is 6. The van der Waals surface area contributed by atoms with Crippen LogP contribution in [0.3, 0.4) is 0 Å². The lowest BCUT2D eigenvalue weighted by atomic mass is 10.2. The van der Waals surface area contributed by atoms with Gasteiger partial charge in [-0.05, 0) is 23.3 Å². The molecule has 0 unspecified atom stereocenters. The normalized spacial score (nSPS) is 11.3. The number of carbonyl (C=O) groups excluding carboxylic acids is 1. The van der Waals surface area contributed by atoms with Gasteiger partial charge in [0.25, 0.3) is 0 Å². The average molecular weight is 314 g/mol. The molecular formula is C13H26N6OS. The maximum atomic E-state index is 11.9. The summed E-state index contributed by atoms with van der Waals surface area (Å²) in [4.78, 5) is 11.9. The number of rotatable bonds is 10. The van der Waals surface area contributed by atoms with E-state index in [1.54, 1.807) is 4.68 Å². The molecule has 8 heteroatoms. The zero-order valence-electron chi connectivity index (χ0n) is 13.3. The molecule has 1 heterocycles. The van der Waals surface area contributed by atoms with E-state index in [1.165, 1.54) is 11.8 Å². The molecule has 0 spiro atoms. The zero-order valence-corrected chi connectivity index (χ0v) is 14.1. The van der Waals surface area contributed by atoms with Crippen LogP contribution in [0.4, 0.5) is 0 Å². The zero-order chi connectivity index (χ0) is 15.7. The van der Waals surface area contributed by atoms with Crippen molar-refractivity contribution in [3.05, 3.63) is 0 Å². The number of tetrazole rings is 1. The van der Waals surface area contributed by atoms with Gasteiger partial charge < -0.3 is 10.6 Å². The number of hydrogen-bond donors (Lipinski definition) is 2. The van der Waals surface area contributed by atoms with Gasteiger partial charge in [0.15, 0.2) is 0 Å². The van der Waals surface area contributed by atoms with Crippen LogP contribution in [0.2, 0.25) is 0 Å². The lowest BCUT2D eigenvalue weighted by molar-refractivity contribution is -0.119. The number of nitrogens with zero attached hydrogens (tertiary/aromatic N) is 4. The highest BCUT2D eigenvalue weighted by molar-refractivity contribution is 7.99. The van der Waals surface area contributed by atoms with Gasteiger partial charge in [-0.25, -0.2) is 4.68 Å². The van der Waals surface area contributed by atoms with Crippen molar-refractivity contribution in [2.45, 2.75) is 64.3 Å². The Balaban J connectivity index is 2.38. The topological polar surface area (TPSA) is 84.7 Å². The molecule has 2 N–H and O–H groups in total. The van der Waals surface area contributed by atoms with E-state index in [2.05, 4.69) is 53.9 Å². The average Bonchev–Trinajstić information content (AvgIpc) is 2.89. The molecule has 0 aliphatic rings. The third kappa shape index (κ3) is 6.90. The molecule has 0 aliphatic heterocycles. The fraction of sp³-hybridized carbons (Fsp3) is 0.846. The number of amides is 1. The molecule has 1 amide bonds. The number of nitrogens with one attached hydrogen (secondary N) is 2. The van der Waals surface area contributed by atoms with E-state index in [9.17, 15) is 4.79 Å². The minimum atomic E-state index is 0.0311. The summed E-state index contributed by atoms with van der Waals surface area (Å²) in [6.07, 6.45) is 1.90. The Kier molecular flexibility index (Phi) is 8.29. The quantitative estimate of drug-likeness (QED) is 0.628. The SMILES string of the molecule is CCC(CC)NC(=O)CSc1nnnn1CCNC(C)C. The summed E-state index contributed by atoms with van der Waals surface area (Å²) >= 11 is 1.37. The van der Waals surface area contributed by atoms with Gasteiger partial charge in [0.1, 0.15) is 0 Å². The third-order valence-electron chi connectivity index (χ3n) is 3.06. The standard InChI is InChI=1S/C13H26N6OS/c1-5-11(6-2)15-12(20)9-21-13-16-17-18-19(13)8-7-14-10(3)4/h10-11,14H,5-9H2,1-4H3,(H,15,20). The van der Waals surface area contributed by atoms with Crippen molar-refractivity contribution in [2.75, 3.05) is 12.3 Å². The highest BCUT2D eigenvalue weighted by Gasteiger charge is 2.12. The molecule has 0 aromatic carbocycles. The van der Waals surface area contributed by atoms with Crippen molar-refractivity contribution < 1.29 is 4.79 Å². The molecule has 0 saturated carbocycles. The van der Waals surface area contributed by atoms with Crippen LogP contribution in [0, 0.1) is 0 Å². The van der Waals surface area contributed by atoms with E-state index in [-0.39, 0.29) is 11.9 Å². The van der Waals surface area contributed by atoms with Gasteiger partial charge in [-0.3, -0.25) is 4.79 Å². The van der Waals surface area contributed by atoms with Gasteiger partial charge in [0.2, 0.25) is 11.1 Å². The molecule has 120 valence electrons. The first-order valence-corrected chi connectivity index (χ1v) is 8.47. The van der Waals surface area contributed by atoms with Crippen molar-refractivity contribution in [1.29, 1.82) is 0 Å². The van der Waals surface area contributed by atoms with Gasteiger partial charge in [-0.1, -0.05) is 39.5 Å². The number of aromatic nitrogens is 4. The highest BCUT2D eigenvalue weighted by atomic mass is 32.2. The van der Waals surface area contributed by atoms with Gasteiger partial charge in [0.05, 0.1) is 12.3 Å². The van der Waals surface area contributed by atoms with Crippen LogP contribution >= 0.6 is 11.8 Å². The van der Waals surface area contributed by atoms with Crippen LogP contribution in [0.5, 0.6) is 0 Å². The molecule has 7 nitrogen and oxygen atoms in total. The molecule has 0 aliphatic carbocycles. The maximum absolute atomic E-state index is 11.9. The Morgan fingerprint density at radius 3 is 2.67 bits per heavy atom. The monoisotopic (exact) mass is 314 g/mol. The molecule has 21 heavy (non-hydrogen) atoms. The summed E-state index contributed by atoms with van der Waals surface area (Å²) in [7, 11) is 0. The predicted molar refractivity (Wildman–Crippen MR) is 84.2 cm³/mol. The molecule has 1 aromatic rings. The molecule has 1 aromatic heterocycles. The molecule has 0 saturated heterocycles. The Morgan fingerprint density at radius 2 is 2.05 bits per heavy atom. The minimum absolute atomic E-state index is 0.0311. The van der Waals surface area contributed by atoms with Gasteiger partial charge in [-0.15, -0.1) is 5.10 Å². The van der Waals surface area contributed by atoms with Crippen molar-refractivity contribution in [3.8, 4) is 0 Å². The van der Waals surface area contributed by atoms with Crippen LogP contribution in [0.1, 0.15) is 40.5 Å². The van der Waals surface area contributed by atoms with Crippen molar-refractivity contribution in [3.63, 3.8) is 0 Å². The number of carbonyl (C=O) groups is 1. The van der Waals surface area contributed by atoms with E-state index in [0.717, 1.165) is 19.4 Å². The van der Waals surface area contributed by atoms with Crippen LogP contribution in [0.25, 0.3) is 0 Å². The van der Waals surface area contributed by atoms with E-state index >= 15 is 0 Å². The first kappa shape index (κ1) is 17.9. The van der Waals surface area contributed by atoms with Crippen LogP contribution in [0.15, 0.2) is 5.16 Å². The van der Waals surface area contributed by atoms with Crippen LogP contribution in [-0.2, 0) is 11.3 Å². The summed E-state index contributed by atoms with van der Waals surface area (Å²) in [5.74, 6) is 0.373. The molecule has 0 atom stereocenters. The van der Waals surface area contributed by atoms with Crippen molar-refractivity contribution in [1.82, 2.24) is 30.8 Å². The Labute approximate surface area is 130 Å². The fourth-order valence-electron chi connectivity index (χ4n) is 1.79. The second kappa shape index (κ2) is 9.73. The largest absolute Gasteiger partial charge is 0.353 e. The molecule has 0 fully saturated rings. The van der Waals surface area contributed by atoms with Gasteiger partial charge in [0, 0.05) is 18.6 Å². The van der Waals surface area contributed by atoms with Crippen molar-refractivity contribution in [2.24, 2.45) is 0 Å². The summed E-state index contributed by atoms with van der Waals surface area (Å²) in [5.41, 5.74) is 0. The first-order chi connectivity index (χ1) is 10.1. The molecule has 0 radical (unpaired) electrons. The van der Waals surface area contributed by atoms with Crippen LogP contribution < -0.4 is 10.6 Å². The molecule has 1 rings (SSSR count). The second-order valence-corrected chi connectivity index (χ2v) is 6.11. The second-order valence-electron chi connectivity index (χ2n) is 5.16. The first-order valence-electron chi connectivity index (χ1n) is 7.48. The molecule has 0 bridgehead atoms. The smallest absolute Gasteiger partial charge is 0.230 e.